The highest BCUT2D eigenvalue weighted by Gasteiger charge is 2.06. The van der Waals surface area contributed by atoms with Gasteiger partial charge < -0.3 is 10.4 Å². The number of nitrogens with one attached hydrogen (secondary N) is 1. The molecule has 1 aromatic carbocycles. The van der Waals surface area contributed by atoms with E-state index in [2.05, 4.69) is 5.32 Å². The Morgan fingerprint density at radius 3 is 2.71 bits per heavy atom. The van der Waals surface area contributed by atoms with E-state index in [0.717, 1.165) is 11.3 Å². The second-order valence-electron chi connectivity index (χ2n) is 3.42. The van der Waals surface area contributed by atoms with Crippen LogP contribution in [-0.2, 0) is 4.79 Å². The predicted octanol–water partition coefficient (Wildman–Crippen LogP) is 1.70. The van der Waals surface area contributed by atoms with Gasteiger partial charge in [-0.25, -0.2) is 0 Å². The summed E-state index contributed by atoms with van der Waals surface area (Å²) in [5.41, 5.74) is 1.82. The maximum absolute atomic E-state index is 11.3. The highest BCUT2D eigenvalue weighted by atomic mass is 16.3. The predicted molar refractivity (Wildman–Crippen MR) is 56.1 cm³/mol. The molecule has 1 atom stereocenters. The first-order valence-corrected chi connectivity index (χ1v) is 4.63. The molecule has 14 heavy (non-hydrogen) atoms. The molecule has 0 spiro atoms. The molecule has 0 radical (unpaired) electrons. The van der Waals surface area contributed by atoms with Crippen LogP contribution < -0.4 is 5.32 Å². The van der Waals surface area contributed by atoms with Crippen molar-refractivity contribution in [3.63, 3.8) is 0 Å². The zero-order valence-electron chi connectivity index (χ0n) is 8.45. The molecule has 0 saturated carbocycles. The van der Waals surface area contributed by atoms with E-state index >= 15 is 0 Å². The van der Waals surface area contributed by atoms with E-state index in [1.54, 1.807) is 6.92 Å². The highest BCUT2D eigenvalue weighted by Crippen LogP contribution is 2.13. The molecule has 0 aliphatic carbocycles. The number of aliphatic hydroxyl groups excluding tert-OH is 1. The first-order chi connectivity index (χ1) is 6.59. The van der Waals surface area contributed by atoms with Gasteiger partial charge in [-0.05, 0) is 25.5 Å². The molecule has 0 aliphatic rings. The minimum Gasteiger partial charge on any atom is -0.393 e. The van der Waals surface area contributed by atoms with Crippen LogP contribution >= 0.6 is 0 Å². The number of carbonyl (C=O) groups excluding carboxylic acids is 1. The first kappa shape index (κ1) is 10.7. The number of para-hydroxylation sites is 1. The van der Waals surface area contributed by atoms with E-state index in [1.165, 1.54) is 0 Å². The molecule has 0 heterocycles. The molecular formula is C11H15NO2. The van der Waals surface area contributed by atoms with Crippen molar-refractivity contribution in [1.29, 1.82) is 0 Å². The van der Waals surface area contributed by atoms with Crippen LogP contribution in [0.2, 0.25) is 0 Å². The number of benzene rings is 1. The molecule has 0 saturated heterocycles. The van der Waals surface area contributed by atoms with Gasteiger partial charge >= 0.3 is 0 Å². The van der Waals surface area contributed by atoms with Crippen LogP contribution in [0, 0.1) is 6.92 Å². The molecule has 1 rings (SSSR count). The Balaban J connectivity index is 2.61. The first-order valence-electron chi connectivity index (χ1n) is 4.63. The number of aliphatic hydroxyl groups is 1. The van der Waals surface area contributed by atoms with Crippen molar-refractivity contribution in [2.45, 2.75) is 26.4 Å². The Bertz CT molecular complexity index is 321. The average Bonchev–Trinajstić information content (AvgIpc) is 2.07. The lowest BCUT2D eigenvalue weighted by molar-refractivity contribution is -0.117. The summed E-state index contributed by atoms with van der Waals surface area (Å²) in [5.74, 6) is -0.158. The second kappa shape index (κ2) is 4.77. The number of hydrogen-bond donors (Lipinski definition) is 2. The van der Waals surface area contributed by atoms with E-state index < -0.39 is 6.10 Å². The van der Waals surface area contributed by atoms with Crippen LogP contribution in [0.5, 0.6) is 0 Å². The van der Waals surface area contributed by atoms with Crippen molar-refractivity contribution in [2.75, 3.05) is 5.32 Å². The zero-order chi connectivity index (χ0) is 10.6. The maximum Gasteiger partial charge on any atom is 0.226 e. The molecule has 1 aromatic rings. The summed E-state index contributed by atoms with van der Waals surface area (Å²) >= 11 is 0. The summed E-state index contributed by atoms with van der Waals surface area (Å²) < 4.78 is 0. The SMILES string of the molecule is Cc1ccccc1NC(=O)CC(C)O. The monoisotopic (exact) mass is 193 g/mol. The molecular weight excluding hydrogens is 178 g/mol. The Kier molecular flexibility index (Phi) is 3.65. The minimum absolute atomic E-state index is 0.133. The Labute approximate surface area is 83.8 Å². The molecule has 0 bridgehead atoms. The van der Waals surface area contributed by atoms with Crippen LogP contribution in [-0.4, -0.2) is 17.1 Å². The van der Waals surface area contributed by atoms with Crippen LogP contribution in [0.15, 0.2) is 24.3 Å². The summed E-state index contributed by atoms with van der Waals surface area (Å²) in [7, 11) is 0. The van der Waals surface area contributed by atoms with Gasteiger partial charge in [-0.15, -0.1) is 0 Å². The molecule has 3 heteroatoms. The lowest BCUT2D eigenvalue weighted by atomic mass is 10.2. The smallest absolute Gasteiger partial charge is 0.226 e. The molecule has 3 nitrogen and oxygen atoms in total. The number of hydrogen-bond acceptors (Lipinski definition) is 2. The van der Waals surface area contributed by atoms with Crippen molar-refractivity contribution >= 4 is 11.6 Å². The lowest BCUT2D eigenvalue weighted by Gasteiger charge is -2.08. The van der Waals surface area contributed by atoms with Crippen molar-refractivity contribution in [3.05, 3.63) is 29.8 Å². The number of amides is 1. The van der Waals surface area contributed by atoms with E-state index in [1.807, 2.05) is 31.2 Å². The number of carbonyl (C=O) groups is 1. The lowest BCUT2D eigenvalue weighted by Crippen LogP contribution is -2.17. The van der Waals surface area contributed by atoms with Gasteiger partial charge in [0.1, 0.15) is 0 Å². The third-order valence-corrected chi connectivity index (χ3v) is 1.90. The van der Waals surface area contributed by atoms with Gasteiger partial charge in [0.15, 0.2) is 0 Å². The Hall–Kier alpha value is -1.35. The van der Waals surface area contributed by atoms with Gasteiger partial charge in [0.25, 0.3) is 0 Å². The van der Waals surface area contributed by atoms with E-state index in [9.17, 15) is 4.79 Å². The minimum atomic E-state index is -0.598. The summed E-state index contributed by atoms with van der Waals surface area (Å²) in [6, 6.07) is 7.55. The fraction of sp³-hybridized carbons (Fsp3) is 0.364. The topological polar surface area (TPSA) is 49.3 Å². The van der Waals surface area contributed by atoms with Gasteiger partial charge in [0.2, 0.25) is 5.91 Å². The van der Waals surface area contributed by atoms with Gasteiger partial charge in [-0.2, -0.15) is 0 Å². The second-order valence-corrected chi connectivity index (χ2v) is 3.42. The molecule has 2 N–H and O–H groups in total. The maximum atomic E-state index is 11.3. The fourth-order valence-corrected chi connectivity index (χ4v) is 1.18. The number of rotatable bonds is 3. The molecule has 0 aromatic heterocycles. The van der Waals surface area contributed by atoms with E-state index in [0.29, 0.717) is 0 Å². The highest BCUT2D eigenvalue weighted by molar-refractivity contribution is 5.91. The average molecular weight is 193 g/mol. The fourth-order valence-electron chi connectivity index (χ4n) is 1.18. The van der Waals surface area contributed by atoms with E-state index in [-0.39, 0.29) is 12.3 Å². The summed E-state index contributed by atoms with van der Waals surface area (Å²) in [5, 5.41) is 11.8. The largest absolute Gasteiger partial charge is 0.393 e. The molecule has 0 fully saturated rings. The van der Waals surface area contributed by atoms with Crippen molar-refractivity contribution < 1.29 is 9.90 Å². The molecule has 76 valence electrons. The Morgan fingerprint density at radius 1 is 1.50 bits per heavy atom. The Morgan fingerprint density at radius 2 is 2.14 bits per heavy atom. The summed E-state index contributed by atoms with van der Waals surface area (Å²) in [4.78, 5) is 11.3. The zero-order valence-corrected chi connectivity index (χ0v) is 8.45. The van der Waals surface area contributed by atoms with Crippen molar-refractivity contribution in [2.24, 2.45) is 0 Å². The number of anilines is 1. The van der Waals surface area contributed by atoms with Gasteiger partial charge in [0, 0.05) is 5.69 Å². The standard InChI is InChI=1S/C11H15NO2/c1-8-5-3-4-6-10(8)12-11(14)7-9(2)13/h3-6,9,13H,7H2,1-2H3,(H,12,14). The van der Waals surface area contributed by atoms with Crippen LogP contribution in [0.3, 0.4) is 0 Å². The third-order valence-electron chi connectivity index (χ3n) is 1.90. The molecule has 1 amide bonds. The van der Waals surface area contributed by atoms with Crippen molar-refractivity contribution in [1.82, 2.24) is 0 Å². The van der Waals surface area contributed by atoms with Gasteiger partial charge in [-0.1, -0.05) is 18.2 Å². The van der Waals surface area contributed by atoms with Gasteiger partial charge in [0.05, 0.1) is 12.5 Å². The summed E-state index contributed by atoms with van der Waals surface area (Å²) in [6.45, 7) is 3.52. The third kappa shape index (κ3) is 3.18. The normalized spacial score (nSPS) is 12.2. The summed E-state index contributed by atoms with van der Waals surface area (Å²) in [6.07, 6.45) is -0.465. The van der Waals surface area contributed by atoms with Crippen molar-refractivity contribution in [3.8, 4) is 0 Å². The van der Waals surface area contributed by atoms with E-state index in [4.69, 9.17) is 5.11 Å². The van der Waals surface area contributed by atoms with Crippen LogP contribution in [0.4, 0.5) is 5.69 Å². The van der Waals surface area contributed by atoms with Gasteiger partial charge in [-0.3, -0.25) is 4.79 Å². The molecule has 0 aliphatic heterocycles. The number of aryl methyl sites for hydroxylation is 1. The quantitative estimate of drug-likeness (QED) is 0.767. The van der Waals surface area contributed by atoms with Crippen LogP contribution in [0.25, 0.3) is 0 Å². The van der Waals surface area contributed by atoms with Crippen LogP contribution in [0.1, 0.15) is 18.9 Å². The molecule has 1 unspecified atom stereocenters.